The minimum absolute atomic E-state index is 0.0583. The third-order valence-corrected chi connectivity index (χ3v) is 5.48. The smallest absolute Gasteiger partial charge is 0.304 e. The molecular weight excluding hydrogens is 344 g/mol. The number of aromatic nitrogens is 2. The first kappa shape index (κ1) is 21.8. The summed E-state index contributed by atoms with van der Waals surface area (Å²) in [5, 5.41) is 13.3. The van der Waals surface area contributed by atoms with Crippen molar-refractivity contribution in [3.63, 3.8) is 0 Å². The summed E-state index contributed by atoms with van der Waals surface area (Å²) in [7, 11) is 6.12. The normalized spacial score (nSPS) is 16.9. The highest BCUT2D eigenvalue weighted by Crippen LogP contribution is 2.31. The molecule has 7 heteroatoms. The van der Waals surface area contributed by atoms with Crippen molar-refractivity contribution in [3.05, 3.63) is 11.7 Å². The molecule has 0 aromatic carbocycles. The standard InChI is InChI=1S/C20H36N4O3/c1-23(2)12-13-24(3)15-18-21-20(27-22-18)17(14-19(25)26)11-7-10-16-8-5-4-6-9-16/h16-17H,4-15H2,1-3H3,(H,25,26)/t17-/m1/s1. The van der Waals surface area contributed by atoms with Crippen LogP contribution in [0, 0.1) is 5.92 Å². The van der Waals surface area contributed by atoms with Crippen LogP contribution in [0.15, 0.2) is 4.52 Å². The van der Waals surface area contributed by atoms with E-state index in [4.69, 9.17) is 4.52 Å². The van der Waals surface area contributed by atoms with Gasteiger partial charge in [0.1, 0.15) is 0 Å². The van der Waals surface area contributed by atoms with Gasteiger partial charge in [-0.3, -0.25) is 9.69 Å². The van der Waals surface area contributed by atoms with Gasteiger partial charge in [0.25, 0.3) is 0 Å². The lowest BCUT2D eigenvalue weighted by Gasteiger charge is -2.21. The first-order chi connectivity index (χ1) is 12.9. The number of likely N-dealkylation sites (N-methyl/N-ethyl adjacent to an activating group) is 2. The van der Waals surface area contributed by atoms with E-state index in [1.54, 1.807) is 0 Å². The molecule has 154 valence electrons. The van der Waals surface area contributed by atoms with Crippen LogP contribution in [0.4, 0.5) is 0 Å². The van der Waals surface area contributed by atoms with Gasteiger partial charge in [0.05, 0.1) is 13.0 Å². The molecule has 1 N–H and O–H groups in total. The highest BCUT2D eigenvalue weighted by atomic mass is 16.5. The van der Waals surface area contributed by atoms with Gasteiger partial charge in [-0.25, -0.2) is 0 Å². The number of rotatable bonds is 12. The second kappa shape index (κ2) is 11.4. The van der Waals surface area contributed by atoms with E-state index < -0.39 is 5.97 Å². The van der Waals surface area contributed by atoms with Gasteiger partial charge in [0.2, 0.25) is 5.89 Å². The van der Waals surface area contributed by atoms with Crippen LogP contribution in [-0.2, 0) is 11.3 Å². The molecule has 1 atom stereocenters. The number of carboxylic acids is 1. The van der Waals surface area contributed by atoms with Crippen molar-refractivity contribution < 1.29 is 14.4 Å². The van der Waals surface area contributed by atoms with Crippen LogP contribution < -0.4 is 0 Å². The van der Waals surface area contributed by atoms with Crippen molar-refractivity contribution >= 4 is 5.97 Å². The monoisotopic (exact) mass is 380 g/mol. The largest absolute Gasteiger partial charge is 0.481 e. The Morgan fingerprint density at radius 2 is 1.96 bits per heavy atom. The molecule has 0 saturated heterocycles. The third kappa shape index (κ3) is 8.39. The van der Waals surface area contributed by atoms with Gasteiger partial charge in [-0.2, -0.15) is 4.98 Å². The Kier molecular flexibility index (Phi) is 9.21. The molecule has 1 saturated carbocycles. The number of hydrogen-bond donors (Lipinski definition) is 1. The van der Waals surface area contributed by atoms with Gasteiger partial charge in [-0.15, -0.1) is 0 Å². The highest BCUT2D eigenvalue weighted by Gasteiger charge is 2.23. The number of nitrogens with zero attached hydrogens (tertiary/aromatic N) is 4. The molecular formula is C20H36N4O3. The molecule has 0 unspecified atom stereocenters. The molecule has 1 aliphatic rings. The Labute approximate surface area is 163 Å². The zero-order chi connectivity index (χ0) is 19.6. The summed E-state index contributed by atoms with van der Waals surface area (Å²) in [6.45, 7) is 2.49. The van der Waals surface area contributed by atoms with E-state index in [0.29, 0.717) is 18.3 Å². The Morgan fingerprint density at radius 3 is 2.63 bits per heavy atom. The zero-order valence-corrected chi connectivity index (χ0v) is 17.2. The minimum Gasteiger partial charge on any atom is -0.481 e. The van der Waals surface area contributed by atoms with Crippen molar-refractivity contribution in [1.29, 1.82) is 0 Å². The minimum atomic E-state index is -0.805. The summed E-state index contributed by atoms with van der Waals surface area (Å²) in [4.78, 5) is 20.1. The second-order valence-corrected chi connectivity index (χ2v) is 8.32. The van der Waals surface area contributed by atoms with Crippen LogP contribution in [0.1, 0.15) is 75.4 Å². The molecule has 1 aliphatic carbocycles. The fraction of sp³-hybridized carbons (Fsp3) is 0.850. The lowest BCUT2D eigenvalue weighted by Crippen LogP contribution is -2.28. The van der Waals surface area contributed by atoms with E-state index in [0.717, 1.165) is 31.8 Å². The second-order valence-electron chi connectivity index (χ2n) is 8.32. The number of carbonyl (C=O) groups is 1. The van der Waals surface area contributed by atoms with E-state index in [2.05, 4.69) is 19.9 Å². The molecule has 7 nitrogen and oxygen atoms in total. The molecule has 0 spiro atoms. The van der Waals surface area contributed by atoms with Crippen molar-refractivity contribution in [2.24, 2.45) is 5.92 Å². The average molecular weight is 381 g/mol. The molecule has 27 heavy (non-hydrogen) atoms. The molecule has 0 aliphatic heterocycles. The van der Waals surface area contributed by atoms with Crippen LogP contribution in [-0.4, -0.2) is 65.2 Å². The summed E-state index contributed by atoms with van der Waals surface area (Å²) in [6, 6.07) is 0. The summed E-state index contributed by atoms with van der Waals surface area (Å²) in [6.07, 6.45) is 9.79. The van der Waals surface area contributed by atoms with E-state index in [9.17, 15) is 9.90 Å². The van der Waals surface area contributed by atoms with E-state index in [1.807, 2.05) is 21.1 Å². The maximum atomic E-state index is 11.3. The maximum absolute atomic E-state index is 11.3. The van der Waals surface area contributed by atoms with Crippen molar-refractivity contribution in [1.82, 2.24) is 19.9 Å². The van der Waals surface area contributed by atoms with Gasteiger partial charge < -0.3 is 14.5 Å². The molecule has 1 fully saturated rings. The summed E-state index contributed by atoms with van der Waals surface area (Å²) in [5.74, 6) is 0.943. The Morgan fingerprint density at radius 1 is 1.22 bits per heavy atom. The summed E-state index contributed by atoms with van der Waals surface area (Å²) in [5.41, 5.74) is 0. The topological polar surface area (TPSA) is 82.7 Å². The van der Waals surface area contributed by atoms with Gasteiger partial charge in [0.15, 0.2) is 5.82 Å². The van der Waals surface area contributed by atoms with Gasteiger partial charge in [-0.05, 0) is 33.5 Å². The molecule has 2 rings (SSSR count). The Balaban J connectivity index is 1.85. The van der Waals surface area contributed by atoms with Gasteiger partial charge in [-0.1, -0.05) is 50.1 Å². The SMILES string of the molecule is CN(C)CCN(C)Cc1noc([C@H](CCCC2CCCCC2)CC(=O)O)n1. The predicted octanol–water partition coefficient (Wildman–Crippen LogP) is 3.37. The summed E-state index contributed by atoms with van der Waals surface area (Å²) >= 11 is 0. The lowest BCUT2D eigenvalue weighted by atomic mass is 9.84. The first-order valence-electron chi connectivity index (χ1n) is 10.3. The van der Waals surface area contributed by atoms with Crippen LogP contribution in [0.3, 0.4) is 0 Å². The highest BCUT2D eigenvalue weighted by molar-refractivity contribution is 5.67. The zero-order valence-electron chi connectivity index (χ0n) is 17.2. The van der Waals surface area contributed by atoms with Crippen LogP contribution >= 0.6 is 0 Å². The lowest BCUT2D eigenvalue weighted by molar-refractivity contribution is -0.137. The van der Waals surface area contributed by atoms with Gasteiger partial charge in [0, 0.05) is 19.0 Å². The van der Waals surface area contributed by atoms with Gasteiger partial charge >= 0.3 is 5.97 Å². The number of hydrogen-bond acceptors (Lipinski definition) is 6. The van der Waals surface area contributed by atoms with Crippen molar-refractivity contribution in [3.8, 4) is 0 Å². The first-order valence-corrected chi connectivity index (χ1v) is 10.3. The fourth-order valence-corrected chi connectivity index (χ4v) is 3.84. The molecule has 1 aromatic heterocycles. The molecule has 0 amide bonds. The number of aliphatic carboxylic acids is 1. The van der Waals surface area contributed by atoms with Crippen LogP contribution in [0.2, 0.25) is 0 Å². The van der Waals surface area contributed by atoms with Crippen LogP contribution in [0.25, 0.3) is 0 Å². The Bertz CT molecular complexity index is 555. The average Bonchev–Trinajstić information content (AvgIpc) is 3.08. The van der Waals surface area contributed by atoms with E-state index in [1.165, 1.54) is 38.5 Å². The van der Waals surface area contributed by atoms with E-state index >= 15 is 0 Å². The van der Waals surface area contributed by atoms with Crippen molar-refractivity contribution in [2.75, 3.05) is 34.2 Å². The Hall–Kier alpha value is -1.47. The molecule has 0 radical (unpaired) electrons. The number of carboxylic acid groups (broad SMARTS) is 1. The molecule has 0 bridgehead atoms. The predicted molar refractivity (Wildman–Crippen MR) is 105 cm³/mol. The quantitative estimate of drug-likeness (QED) is 0.595. The van der Waals surface area contributed by atoms with Crippen LogP contribution in [0.5, 0.6) is 0 Å². The van der Waals surface area contributed by atoms with E-state index in [-0.39, 0.29) is 12.3 Å². The maximum Gasteiger partial charge on any atom is 0.304 e. The summed E-state index contributed by atoms with van der Waals surface area (Å²) < 4.78 is 5.44. The van der Waals surface area contributed by atoms with Crippen molar-refractivity contribution in [2.45, 2.75) is 70.3 Å². The molecule has 1 heterocycles. The molecule has 1 aromatic rings. The fourth-order valence-electron chi connectivity index (χ4n) is 3.84. The third-order valence-electron chi connectivity index (χ3n) is 5.48.